The molecule has 4 rings (SSSR count). The molecule has 0 spiro atoms. The van der Waals surface area contributed by atoms with E-state index >= 15 is 0 Å². The van der Waals surface area contributed by atoms with Crippen molar-refractivity contribution >= 4 is 23.3 Å². The number of ether oxygens (including phenoxy) is 2. The maximum absolute atomic E-state index is 12.8. The molecule has 0 radical (unpaired) electrons. The number of carbonyl (C=O) groups is 1. The predicted molar refractivity (Wildman–Crippen MR) is 104 cm³/mol. The smallest absolute Gasteiger partial charge is 0.417 e. The first-order valence-corrected chi connectivity index (χ1v) is 9.83. The van der Waals surface area contributed by atoms with Gasteiger partial charge in [0.1, 0.15) is 5.82 Å². The van der Waals surface area contributed by atoms with Gasteiger partial charge in [-0.15, -0.1) is 0 Å². The van der Waals surface area contributed by atoms with Crippen LogP contribution in [-0.2, 0) is 17.4 Å². The number of fused-ring (bicyclic) bond motifs is 1. The molecule has 1 fully saturated rings. The maximum atomic E-state index is 12.8. The maximum Gasteiger partial charge on any atom is 0.417 e. The highest BCUT2D eigenvalue weighted by Gasteiger charge is 2.32. The monoisotopic (exact) mass is 441 g/mol. The normalized spacial score (nSPS) is 16.5. The van der Waals surface area contributed by atoms with Crippen molar-refractivity contribution in [1.29, 1.82) is 0 Å². The summed E-state index contributed by atoms with van der Waals surface area (Å²) in [6, 6.07) is 6.31. The van der Waals surface area contributed by atoms with Gasteiger partial charge in [0.25, 0.3) is 0 Å². The number of benzene rings is 1. The zero-order valence-corrected chi connectivity index (χ0v) is 16.7. The molecule has 0 aliphatic carbocycles. The van der Waals surface area contributed by atoms with Crippen LogP contribution in [0.4, 0.5) is 19.0 Å². The molecule has 2 aliphatic rings. The molecule has 1 aromatic heterocycles. The zero-order valence-electron chi connectivity index (χ0n) is 15.9. The zero-order chi connectivity index (χ0) is 21.3. The first kappa shape index (κ1) is 20.6. The number of hydrogen-bond donors (Lipinski definition) is 0. The summed E-state index contributed by atoms with van der Waals surface area (Å²) in [7, 11) is 0. The van der Waals surface area contributed by atoms with Crippen LogP contribution in [0.2, 0.25) is 5.02 Å². The quantitative estimate of drug-likeness (QED) is 0.726. The van der Waals surface area contributed by atoms with E-state index in [1.54, 1.807) is 17.0 Å². The molecule has 1 aromatic carbocycles. The highest BCUT2D eigenvalue weighted by Crippen LogP contribution is 2.34. The lowest BCUT2D eigenvalue weighted by Crippen LogP contribution is -2.36. The summed E-state index contributed by atoms with van der Waals surface area (Å²) in [5.41, 5.74) is -0.0515. The van der Waals surface area contributed by atoms with Gasteiger partial charge in [-0.2, -0.15) is 13.2 Å². The lowest BCUT2D eigenvalue weighted by molar-refractivity contribution is -0.137. The van der Waals surface area contributed by atoms with Gasteiger partial charge in [0, 0.05) is 32.4 Å². The summed E-state index contributed by atoms with van der Waals surface area (Å²) < 4.78 is 49.1. The topological polar surface area (TPSA) is 54.9 Å². The van der Waals surface area contributed by atoms with Crippen molar-refractivity contribution in [3.8, 4) is 11.5 Å². The first-order chi connectivity index (χ1) is 14.3. The Morgan fingerprint density at radius 3 is 2.67 bits per heavy atom. The highest BCUT2D eigenvalue weighted by atomic mass is 35.5. The number of hydrogen-bond acceptors (Lipinski definition) is 5. The van der Waals surface area contributed by atoms with Crippen LogP contribution in [-0.4, -0.2) is 48.8 Å². The largest absolute Gasteiger partial charge is 0.454 e. The Bertz CT molecular complexity index is 955. The molecule has 1 saturated heterocycles. The Morgan fingerprint density at radius 2 is 1.90 bits per heavy atom. The Kier molecular flexibility index (Phi) is 5.64. The van der Waals surface area contributed by atoms with Crippen LogP contribution in [0, 0.1) is 0 Å². The number of halogens is 4. The number of aromatic nitrogens is 1. The average Bonchev–Trinajstić information content (AvgIpc) is 3.02. The van der Waals surface area contributed by atoms with Crippen LogP contribution in [0.25, 0.3) is 0 Å². The van der Waals surface area contributed by atoms with Crippen LogP contribution in [0.1, 0.15) is 17.5 Å². The number of rotatable bonds is 3. The Hall–Kier alpha value is -2.68. The van der Waals surface area contributed by atoms with E-state index in [1.807, 2.05) is 11.0 Å². The fourth-order valence-electron chi connectivity index (χ4n) is 3.53. The standard InChI is InChI=1S/C20H19ClF3N3O3/c21-15-10-14(20(22,23)24)11-25-19(15)27-5-1-4-26(6-7-27)18(28)9-13-2-3-16-17(8-13)30-12-29-16/h2-3,8,10-11H,1,4-7,9,12H2. The molecule has 3 heterocycles. The van der Waals surface area contributed by atoms with E-state index in [1.165, 1.54) is 0 Å². The molecular formula is C20H19ClF3N3O3. The van der Waals surface area contributed by atoms with Crippen molar-refractivity contribution in [2.45, 2.75) is 19.0 Å². The summed E-state index contributed by atoms with van der Waals surface area (Å²) in [5, 5.41) is -0.0510. The van der Waals surface area contributed by atoms with Crippen molar-refractivity contribution < 1.29 is 27.4 Å². The molecule has 2 aromatic rings. The van der Waals surface area contributed by atoms with Gasteiger partial charge in [-0.1, -0.05) is 17.7 Å². The second-order valence-electron chi connectivity index (χ2n) is 7.11. The molecule has 1 amide bonds. The van der Waals surface area contributed by atoms with E-state index in [2.05, 4.69) is 4.98 Å². The van der Waals surface area contributed by atoms with Crippen LogP contribution < -0.4 is 14.4 Å². The van der Waals surface area contributed by atoms with Gasteiger partial charge in [-0.3, -0.25) is 4.79 Å². The second kappa shape index (κ2) is 8.22. The Labute approximate surface area is 176 Å². The molecule has 0 unspecified atom stereocenters. The van der Waals surface area contributed by atoms with Crippen LogP contribution >= 0.6 is 11.6 Å². The molecular weight excluding hydrogens is 423 g/mol. The molecule has 0 saturated carbocycles. The number of anilines is 1. The van der Waals surface area contributed by atoms with E-state index < -0.39 is 11.7 Å². The summed E-state index contributed by atoms with van der Waals surface area (Å²) in [6.45, 7) is 2.15. The van der Waals surface area contributed by atoms with E-state index in [0.717, 1.165) is 17.8 Å². The van der Waals surface area contributed by atoms with Gasteiger partial charge >= 0.3 is 6.18 Å². The van der Waals surface area contributed by atoms with Crippen molar-refractivity contribution in [2.75, 3.05) is 37.9 Å². The van der Waals surface area contributed by atoms with E-state index in [-0.39, 0.29) is 24.1 Å². The summed E-state index contributed by atoms with van der Waals surface area (Å²) >= 11 is 6.07. The lowest BCUT2D eigenvalue weighted by Gasteiger charge is -2.24. The minimum Gasteiger partial charge on any atom is -0.454 e. The van der Waals surface area contributed by atoms with Crippen molar-refractivity contribution in [3.63, 3.8) is 0 Å². The molecule has 160 valence electrons. The molecule has 6 nitrogen and oxygen atoms in total. The van der Waals surface area contributed by atoms with Crippen molar-refractivity contribution in [2.24, 2.45) is 0 Å². The third-order valence-electron chi connectivity index (χ3n) is 5.09. The Morgan fingerprint density at radius 1 is 1.10 bits per heavy atom. The van der Waals surface area contributed by atoms with Crippen molar-refractivity contribution in [1.82, 2.24) is 9.88 Å². The third-order valence-corrected chi connectivity index (χ3v) is 5.37. The number of amides is 1. The molecule has 30 heavy (non-hydrogen) atoms. The first-order valence-electron chi connectivity index (χ1n) is 9.45. The number of nitrogens with zero attached hydrogens (tertiary/aromatic N) is 3. The van der Waals surface area contributed by atoms with Gasteiger partial charge in [-0.25, -0.2) is 4.98 Å². The lowest BCUT2D eigenvalue weighted by atomic mass is 10.1. The Balaban J connectivity index is 1.40. The van der Waals surface area contributed by atoms with Crippen LogP contribution in [0.15, 0.2) is 30.5 Å². The predicted octanol–water partition coefficient (Wildman–Crippen LogP) is 3.76. The highest BCUT2D eigenvalue weighted by molar-refractivity contribution is 6.33. The molecule has 0 atom stereocenters. The van der Waals surface area contributed by atoms with E-state index in [9.17, 15) is 18.0 Å². The number of pyridine rings is 1. The summed E-state index contributed by atoms with van der Waals surface area (Å²) in [5.74, 6) is 1.57. The molecule has 0 N–H and O–H groups in total. The fourth-order valence-corrected chi connectivity index (χ4v) is 3.82. The van der Waals surface area contributed by atoms with Crippen LogP contribution in [0.5, 0.6) is 11.5 Å². The van der Waals surface area contributed by atoms with Gasteiger partial charge < -0.3 is 19.3 Å². The van der Waals surface area contributed by atoms with E-state index in [0.29, 0.717) is 49.9 Å². The average molecular weight is 442 g/mol. The SMILES string of the molecule is O=C(Cc1ccc2c(c1)OCO2)N1CCCN(c2ncc(C(F)(F)F)cc2Cl)CC1. The van der Waals surface area contributed by atoms with Gasteiger partial charge in [-0.05, 0) is 30.2 Å². The molecule has 2 aliphatic heterocycles. The van der Waals surface area contributed by atoms with Crippen LogP contribution in [0.3, 0.4) is 0 Å². The third kappa shape index (κ3) is 4.40. The van der Waals surface area contributed by atoms with E-state index in [4.69, 9.17) is 21.1 Å². The number of alkyl halides is 3. The molecule has 0 bridgehead atoms. The van der Waals surface area contributed by atoms with Gasteiger partial charge in [0.15, 0.2) is 11.5 Å². The van der Waals surface area contributed by atoms with Gasteiger partial charge in [0.2, 0.25) is 12.7 Å². The van der Waals surface area contributed by atoms with Gasteiger partial charge in [0.05, 0.1) is 17.0 Å². The second-order valence-corrected chi connectivity index (χ2v) is 7.52. The van der Waals surface area contributed by atoms with Crippen molar-refractivity contribution in [3.05, 3.63) is 46.6 Å². The minimum atomic E-state index is -4.49. The number of carbonyl (C=O) groups excluding carboxylic acids is 1. The minimum absolute atomic E-state index is 0.0257. The summed E-state index contributed by atoms with van der Waals surface area (Å²) in [4.78, 5) is 20.2. The summed E-state index contributed by atoms with van der Waals surface area (Å²) in [6.07, 6.45) is -2.82. The molecule has 10 heteroatoms. The fraction of sp³-hybridized carbons (Fsp3) is 0.400.